The average Bonchev–Trinajstić information content (AvgIpc) is 2.49. The summed E-state index contributed by atoms with van der Waals surface area (Å²) in [6.07, 6.45) is 0. The Kier molecular flexibility index (Phi) is 3.69. The van der Waals surface area contributed by atoms with Crippen LogP contribution in [0.3, 0.4) is 0 Å². The molecule has 0 atom stereocenters. The van der Waals surface area contributed by atoms with E-state index in [1.165, 1.54) is 0 Å². The van der Waals surface area contributed by atoms with E-state index in [4.69, 9.17) is 11.6 Å². The van der Waals surface area contributed by atoms with Crippen LogP contribution in [0.25, 0.3) is 22.4 Å². The molecule has 22 heavy (non-hydrogen) atoms. The van der Waals surface area contributed by atoms with Gasteiger partial charge in [-0.2, -0.15) is 0 Å². The maximum Gasteiger partial charge on any atom is 0.326 e. The van der Waals surface area contributed by atoms with Crippen LogP contribution in [-0.2, 0) is 0 Å². The standard InChI is InChI=1S/C17H13ClN2O2/c1-10-2-4-12(5-3-10)15-14(16(21)20-17(22)19-15)11-6-8-13(18)9-7-11/h2-9H,1H3,(H2,19,20,21,22). The molecule has 110 valence electrons. The second-order valence-electron chi connectivity index (χ2n) is 5.03. The second-order valence-corrected chi connectivity index (χ2v) is 5.47. The lowest BCUT2D eigenvalue weighted by Gasteiger charge is -2.09. The normalized spacial score (nSPS) is 10.6. The molecule has 2 aromatic carbocycles. The molecular weight excluding hydrogens is 300 g/mol. The summed E-state index contributed by atoms with van der Waals surface area (Å²) in [5.41, 5.74) is 2.52. The minimum atomic E-state index is -0.529. The number of hydrogen-bond acceptors (Lipinski definition) is 2. The van der Waals surface area contributed by atoms with Crippen molar-refractivity contribution >= 4 is 11.6 Å². The van der Waals surface area contributed by atoms with Gasteiger partial charge in [0.2, 0.25) is 0 Å². The van der Waals surface area contributed by atoms with Crippen LogP contribution in [-0.4, -0.2) is 9.97 Å². The van der Waals surface area contributed by atoms with Gasteiger partial charge in [0.25, 0.3) is 5.56 Å². The fraction of sp³-hybridized carbons (Fsp3) is 0.0588. The Morgan fingerprint density at radius 2 is 1.41 bits per heavy atom. The topological polar surface area (TPSA) is 65.7 Å². The Bertz CT molecular complexity index is 923. The molecule has 0 saturated carbocycles. The fourth-order valence-corrected chi connectivity index (χ4v) is 2.44. The van der Waals surface area contributed by atoms with Crippen molar-refractivity contribution in [3.63, 3.8) is 0 Å². The predicted octanol–water partition coefficient (Wildman–Crippen LogP) is 3.36. The molecule has 5 heteroatoms. The van der Waals surface area contributed by atoms with Crippen LogP contribution in [0.4, 0.5) is 0 Å². The smallest absolute Gasteiger partial charge is 0.306 e. The number of rotatable bonds is 2. The van der Waals surface area contributed by atoms with Gasteiger partial charge in [-0.25, -0.2) is 4.79 Å². The summed E-state index contributed by atoms with van der Waals surface area (Å²) in [5.74, 6) is 0. The number of aryl methyl sites for hydroxylation is 1. The van der Waals surface area contributed by atoms with Crippen molar-refractivity contribution in [1.82, 2.24) is 9.97 Å². The Hall–Kier alpha value is -2.59. The van der Waals surface area contributed by atoms with Crippen LogP contribution in [0.1, 0.15) is 5.56 Å². The molecule has 4 nitrogen and oxygen atoms in total. The molecule has 0 aliphatic heterocycles. The van der Waals surface area contributed by atoms with E-state index < -0.39 is 11.2 Å². The minimum Gasteiger partial charge on any atom is -0.306 e. The van der Waals surface area contributed by atoms with Crippen LogP contribution >= 0.6 is 11.6 Å². The van der Waals surface area contributed by atoms with Crippen LogP contribution in [0.5, 0.6) is 0 Å². The van der Waals surface area contributed by atoms with Gasteiger partial charge in [0.1, 0.15) is 0 Å². The van der Waals surface area contributed by atoms with Gasteiger partial charge in [0.15, 0.2) is 0 Å². The van der Waals surface area contributed by atoms with Crippen molar-refractivity contribution in [1.29, 1.82) is 0 Å². The quantitative estimate of drug-likeness (QED) is 0.762. The molecule has 2 N–H and O–H groups in total. The van der Waals surface area contributed by atoms with E-state index in [1.807, 2.05) is 31.2 Å². The van der Waals surface area contributed by atoms with E-state index in [9.17, 15) is 9.59 Å². The monoisotopic (exact) mass is 312 g/mol. The van der Waals surface area contributed by atoms with Crippen LogP contribution in [0.2, 0.25) is 5.02 Å². The summed E-state index contributed by atoms with van der Waals surface area (Å²) < 4.78 is 0. The van der Waals surface area contributed by atoms with E-state index in [2.05, 4.69) is 9.97 Å². The molecule has 1 heterocycles. The highest BCUT2D eigenvalue weighted by Gasteiger charge is 2.13. The maximum atomic E-state index is 12.3. The van der Waals surface area contributed by atoms with Crippen molar-refractivity contribution in [2.45, 2.75) is 6.92 Å². The van der Waals surface area contributed by atoms with Crippen LogP contribution in [0.15, 0.2) is 58.1 Å². The second kappa shape index (κ2) is 5.66. The largest absolute Gasteiger partial charge is 0.326 e. The van der Waals surface area contributed by atoms with Crippen LogP contribution in [0, 0.1) is 6.92 Å². The molecule has 3 rings (SSSR count). The van der Waals surface area contributed by atoms with E-state index in [-0.39, 0.29) is 0 Å². The zero-order chi connectivity index (χ0) is 15.7. The molecule has 0 spiro atoms. The lowest BCUT2D eigenvalue weighted by Crippen LogP contribution is -2.24. The van der Waals surface area contributed by atoms with Crippen molar-refractivity contribution in [3.05, 3.63) is 80.0 Å². The average molecular weight is 313 g/mol. The third-order valence-electron chi connectivity index (χ3n) is 3.42. The Balaban J connectivity index is 2.29. The van der Waals surface area contributed by atoms with E-state index in [1.54, 1.807) is 24.3 Å². The molecule has 3 aromatic rings. The molecule has 0 unspecified atom stereocenters. The Morgan fingerprint density at radius 1 is 0.818 bits per heavy atom. The highest BCUT2D eigenvalue weighted by molar-refractivity contribution is 6.30. The van der Waals surface area contributed by atoms with Gasteiger partial charge in [0.05, 0.1) is 11.3 Å². The van der Waals surface area contributed by atoms with Crippen molar-refractivity contribution in [2.24, 2.45) is 0 Å². The van der Waals surface area contributed by atoms with Crippen molar-refractivity contribution < 1.29 is 0 Å². The lowest BCUT2D eigenvalue weighted by atomic mass is 10.00. The molecule has 0 amide bonds. The molecule has 0 bridgehead atoms. The van der Waals surface area contributed by atoms with Gasteiger partial charge >= 0.3 is 5.69 Å². The Labute approximate surface area is 131 Å². The number of aromatic nitrogens is 2. The van der Waals surface area contributed by atoms with Crippen LogP contribution < -0.4 is 11.2 Å². The third-order valence-corrected chi connectivity index (χ3v) is 3.67. The van der Waals surface area contributed by atoms with Gasteiger partial charge in [-0.15, -0.1) is 0 Å². The zero-order valence-electron chi connectivity index (χ0n) is 11.8. The number of halogens is 1. The number of aromatic amines is 2. The summed E-state index contributed by atoms with van der Waals surface area (Å²) in [5, 5.41) is 0.585. The highest BCUT2D eigenvalue weighted by atomic mass is 35.5. The third kappa shape index (κ3) is 2.73. The summed E-state index contributed by atoms with van der Waals surface area (Å²) >= 11 is 5.89. The van der Waals surface area contributed by atoms with Gasteiger partial charge in [-0.05, 0) is 30.2 Å². The maximum absolute atomic E-state index is 12.3. The van der Waals surface area contributed by atoms with E-state index >= 15 is 0 Å². The van der Waals surface area contributed by atoms with Gasteiger partial charge in [0, 0.05) is 5.02 Å². The summed E-state index contributed by atoms with van der Waals surface area (Å²) in [6.45, 7) is 1.98. The summed E-state index contributed by atoms with van der Waals surface area (Å²) in [7, 11) is 0. The first-order valence-electron chi connectivity index (χ1n) is 6.74. The Morgan fingerprint density at radius 3 is 2.05 bits per heavy atom. The van der Waals surface area contributed by atoms with Gasteiger partial charge in [-0.3, -0.25) is 9.78 Å². The fourth-order valence-electron chi connectivity index (χ4n) is 2.32. The van der Waals surface area contributed by atoms with Crippen molar-refractivity contribution in [2.75, 3.05) is 0 Å². The zero-order valence-corrected chi connectivity index (χ0v) is 12.6. The summed E-state index contributed by atoms with van der Waals surface area (Å²) in [4.78, 5) is 28.9. The van der Waals surface area contributed by atoms with Crippen molar-refractivity contribution in [3.8, 4) is 22.4 Å². The van der Waals surface area contributed by atoms with Gasteiger partial charge in [-0.1, -0.05) is 53.6 Å². The molecule has 0 aliphatic carbocycles. The molecular formula is C17H13ClN2O2. The van der Waals surface area contributed by atoms with E-state index in [0.29, 0.717) is 21.8 Å². The van der Waals surface area contributed by atoms with Gasteiger partial charge < -0.3 is 4.98 Å². The number of H-pyrrole nitrogens is 2. The first-order chi connectivity index (χ1) is 10.5. The molecule has 0 aliphatic rings. The first kappa shape index (κ1) is 14.4. The lowest BCUT2D eigenvalue weighted by molar-refractivity contribution is 1.04. The summed E-state index contributed by atoms with van der Waals surface area (Å²) in [6, 6.07) is 14.5. The number of hydrogen-bond donors (Lipinski definition) is 2. The molecule has 1 aromatic heterocycles. The molecule has 0 radical (unpaired) electrons. The predicted molar refractivity (Wildman–Crippen MR) is 88.3 cm³/mol. The molecule has 0 fully saturated rings. The number of nitrogens with one attached hydrogen (secondary N) is 2. The highest BCUT2D eigenvalue weighted by Crippen LogP contribution is 2.27. The minimum absolute atomic E-state index is 0.417. The van der Waals surface area contributed by atoms with E-state index in [0.717, 1.165) is 11.1 Å². The SMILES string of the molecule is Cc1ccc(-c2[nH]c(=O)[nH]c(=O)c2-c2ccc(Cl)cc2)cc1. The first-order valence-corrected chi connectivity index (χ1v) is 7.12. The number of benzene rings is 2. The molecule has 0 saturated heterocycles.